The molecule has 4 N–H and O–H groups in total. The Hall–Kier alpha value is -3.69. The molecular weight excluding hydrogens is 440 g/mol. The van der Waals surface area contributed by atoms with Crippen LogP contribution in [0, 0.1) is 6.92 Å². The summed E-state index contributed by atoms with van der Waals surface area (Å²) in [5.74, 6) is 2.00. The summed E-state index contributed by atoms with van der Waals surface area (Å²) in [6, 6.07) is 15.8. The van der Waals surface area contributed by atoms with E-state index in [4.69, 9.17) is 9.97 Å². The third kappa shape index (κ3) is 5.06. The van der Waals surface area contributed by atoms with Gasteiger partial charge in [-0.05, 0) is 62.7 Å². The molecule has 0 saturated carbocycles. The number of amides is 1. The van der Waals surface area contributed by atoms with Crippen molar-refractivity contribution in [3.8, 4) is 0 Å². The second-order valence-electron chi connectivity index (χ2n) is 8.91. The van der Waals surface area contributed by atoms with Gasteiger partial charge in [-0.3, -0.25) is 9.80 Å². The monoisotopic (exact) mass is 472 g/mol. The number of nitrogens with zero attached hydrogens (tertiary/aromatic N) is 4. The number of nitrogens with one attached hydrogen (secondary N) is 4. The van der Waals surface area contributed by atoms with Crippen LogP contribution >= 0.6 is 0 Å². The predicted octanol–water partition coefficient (Wildman–Crippen LogP) is 3.55. The van der Waals surface area contributed by atoms with Crippen LogP contribution in [0.4, 0.5) is 29.0 Å². The van der Waals surface area contributed by atoms with E-state index in [1.165, 1.54) is 12.8 Å². The average molecular weight is 473 g/mol. The van der Waals surface area contributed by atoms with Gasteiger partial charge >= 0.3 is 0 Å². The summed E-state index contributed by atoms with van der Waals surface area (Å²) in [4.78, 5) is 24.4. The van der Waals surface area contributed by atoms with Crippen molar-refractivity contribution in [2.45, 2.75) is 26.3 Å². The first kappa shape index (κ1) is 23.1. The number of aryl methyl sites for hydroxylation is 1. The lowest BCUT2D eigenvalue weighted by molar-refractivity contribution is 0.0963. The molecule has 0 atom stereocenters. The molecule has 2 aliphatic heterocycles. The number of para-hydroxylation sites is 1. The molecule has 0 radical (unpaired) electrons. The number of rotatable bonds is 8. The molecule has 0 aliphatic carbocycles. The SMILES string of the molecule is CNC(=O)c1ccc(C)c(Nc2nc(NCCN3CCCC3)nc3c2CNN3c2ccccc2)c1. The molecular formula is C26H32N8O. The summed E-state index contributed by atoms with van der Waals surface area (Å²) in [6.07, 6.45) is 2.55. The van der Waals surface area contributed by atoms with E-state index in [0.717, 1.165) is 60.3 Å². The highest BCUT2D eigenvalue weighted by molar-refractivity contribution is 5.95. The van der Waals surface area contributed by atoms with Gasteiger partial charge in [-0.15, -0.1) is 0 Å². The zero-order valence-corrected chi connectivity index (χ0v) is 20.3. The van der Waals surface area contributed by atoms with Crippen LogP contribution in [0.1, 0.15) is 34.3 Å². The van der Waals surface area contributed by atoms with E-state index >= 15 is 0 Å². The fourth-order valence-corrected chi connectivity index (χ4v) is 4.53. The van der Waals surface area contributed by atoms with Gasteiger partial charge in [0.25, 0.3) is 5.91 Å². The van der Waals surface area contributed by atoms with Gasteiger partial charge in [-0.1, -0.05) is 24.3 Å². The Morgan fingerprint density at radius 1 is 1.09 bits per heavy atom. The van der Waals surface area contributed by atoms with Crippen molar-refractivity contribution in [2.75, 3.05) is 48.9 Å². The highest BCUT2D eigenvalue weighted by Gasteiger charge is 2.27. The zero-order valence-electron chi connectivity index (χ0n) is 20.3. The van der Waals surface area contributed by atoms with Gasteiger partial charge in [0.05, 0.1) is 11.3 Å². The van der Waals surface area contributed by atoms with Gasteiger partial charge in [0.15, 0.2) is 5.82 Å². The number of anilines is 5. The number of hydrazine groups is 1. The Morgan fingerprint density at radius 2 is 1.89 bits per heavy atom. The summed E-state index contributed by atoms with van der Waals surface area (Å²) < 4.78 is 0. The first-order valence-electron chi connectivity index (χ1n) is 12.2. The quantitative estimate of drug-likeness (QED) is 0.395. The predicted molar refractivity (Wildman–Crippen MR) is 139 cm³/mol. The molecule has 1 aromatic heterocycles. The highest BCUT2D eigenvalue weighted by Crippen LogP contribution is 2.36. The number of hydrogen-bond acceptors (Lipinski definition) is 8. The van der Waals surface area contributed by atoms with E-state index in [2.05, 4.69) is 38.4 Å². The first-order valence-corrected chi connectivity index (χ1v) is 12.2. The van der Waals surface area contributed by atoms with Gasteiger partial charge in [0.2, 0.25) is 5.95 Å². The number of fused-ring (bicyclic) bond motifs is 1. The van der Waals surface area contributed by atoms with E-state index in [9.17, 15) is 4.79 Å². The first-order chi connectivity index (χ1) is 17.1. The zero-order chi connectivity index (χ0) is 24.2. The lowest BCUT2D eigenvalue weighted by Crippen LogP contribution is -2.28. The lowest BCUT2D eigenvalue weighted by Gasteiger charge is -2.20. The van der Waals surface area contributed by atoms with Crippen LogP contribution in [0.25, 0.3) is 0 Å². The Labute approximate surface area is 205 Å². The van der Waals surface area contributed by atoms with E-state index in [1.807, 2.05) is 48.3 Å². The maximum Gasteiger partial charge on any atom is 0.251 e. The van der Waals surface area contributed by atoms with Crippen molar-refractivity contribution in [3.05, 3.63) is 65.2 Å². The lowest BCUT2D eigenvalue weighted by atomic mass is 10.1. The molecule has 2 aromatic carbocycles. The van der Waals surface area contributed by atoms with Crippen molar-refractivity contribution >= 4 is 34.9 Å². The Balaban J connectivity index is 1.46. The van der Waals surface area contributed by atoms with Crippen molar-refractivity contribution in [1.82, 2.24) is 25.6 Å². The fraction of sp³-hybridized carbons (Fsp3) is 0.346. The summed E-state index contributed by atoms with van der Waals surface area (Å²) in [5, 5.41) is 11.6. The number of aromatic nitrogens is 2. The highest BCUT2D eigenvalue weighted by atomic mass is 16.1. The molecule has 0 unspecified atom stereocenters. The third-order valence-electron chi connectivity index (χ3n) is 6.52. The van der Waals surface area contributed by atoms with Gasteiger partial charge in [0.1, 0.15) is 5.82 Å². The standard InChI is InChI=1S/C26H32N8O/c1-18-10-11-19(25(35)27-2)16-22(18)30-23-21-17-29-34(20-8-4-3-5-9-20)24(21)32-26(31-23)28-12-15-33-13-6-7-14-33/h3-5,8-11,16,29H,6-7,12-15,17H2,1-2H3,(H,27,35)(H2,28,30,31,32). The van der Waals surface area contributed by atoms with Crippen LogP contribution in [-0.4, -0.2) is 54.0 Å². The summed E-state index contributed by atoms with van der Waals surface area (Å²) >= 11 is 0. The molecule has 0 bridgehead atoms. The number of carbonyl (C=O) groups is 1. The second kappa shape index (κ2) is 10.3. The number of carbonyl (C=O) groups excluding carboxylic acids is 1. The minimum atomic E-state index is -0.123. The molecule has 3 heterocycles. The molecule has 1 fully saturated rings. The molecule has 1 saturated heterocycles. The summed E-state index contributed by atoms with van der Waals surface area (Å²) in [7, 11) is 1.64. The van der Waals surface area contributed by atoms with Gasteiger partial charge < -0.3 is 20.9 Å². The summed E-state index contributed by atoms with van der Waals surface area (Å²) in [5.41, 5.74) is 7.89. The van der Waals surface area contributed by atoms with Crippen LogP contribution in [0.15, 0.2) is 48.5 Å². The van der Waals surface area contributed by atoms with Crippen molar-refractivity contribution in [1.29, 1.82) is 0 Å². The Bertz CT molecular complexity index is 1190. The van der Waals surface area contributed by atoms with Gasteiger partial charge in [-0.2, -0.15) is 9.97 Å². The largest absolute Gasteiger partial charge is 0.355 e. The van der Waals surface area contributed by atoms with Crippen molar-refractivity contribution in [2.24, 2.45) is 0 Å². The van der Waals surface area contributed by atoms with Crippen molar-refractivity contribution < 1.29 is 4.79 Å². The fourth-order valence-electron chi connectivity index (χ4n) is 4.53. The van der Waals surface area contributed by atoms with E-state index < -0.39 is 0 Å². The number of likely N-dealkylation sites (tertiary alicyclic amines) is 1. The van der Waals surface area contributed by atoms with Gasteiger partial charge in [0, 0.05) is 37.9 Å². The minimum absolute atomic E-state index is 0.123. The average Bonchev–Trinajstić information content (AvgIpc) is 3.56. The van der Waals surface area contributed by atoms with E-state index in [-0.39, 0.29) is 5.91 Å². The van der Waals surface area contributed by atoms with Crippen LogP contribution < -0.4 is 26.4 Å². The maximum absolute atomic E-state index is 12.2. The van der Waals surface area contributed by atoms with E-state index in [1.54, 1.807) is 7.05 Å². The molecule has 9 heteroatoms. The molecule has 0 spiro atoms. The molecule has 5 rings (SSSR count). The second-order valence-corrected chi connectivity index (χ2v) is 8.91. The minimum Gasteiger partial charge on any atom is -0.355 e. The molecule has 2 aliphatic rings. The number of hydrogen-bond donors (Lipinski definition) is 4. The van der Waals surface area contributed by atoms with E-state index in [0.29, 0.717) is 18.1 Å². The van der Waals surface area contributed by atoms with Crippen molar-refractivity contribution in [3.63, 3.8) is 0 Å². The number of benzene rings is 2. The topological polar surface area (TPSA) is 97.4 Å². The molecule has 1 amide bonds. The third-order valence-corrected chi connectivity index (χ3v) is 6.52. The summed E-state index contributed by atoms with van der Waals surface area (Å²) in [6.45, 7) is 6.67. The smallest absolute Gasteiger partial charge is 0.251 e. The molecule has 182 valence electrons. The Morgan fingerprint density at radius 3 is 2.66 bits per heavy atom. The van der Waals surface area contributed by atoms with Crippen LogP contribution in [0.5, 0.6) is 0 Å². The molecule has 9 nitrogen and oxygen atoms in total. The van der Waals surface area contributed by atoms with Crippen LogP contribution in [0.2, 0.25) is 0 Å². The Kier molecular flexibility index (Phi) is 6.78. The molecule has 35 heavy (non-hydrogen) atoms. The van der Waals surface area contributed by atoms with Gasteiger partial charge in [-0.25, -0.2) is 5.43 Å². The van der Waals surface area contributed by atoms with Crippen LogP contribution in [0.3, 0.4) is 0 Å². The molecule has 3 aromatic rings. The normalized spacial score (nSPS) is 15.2. The maximum atomic E-state index is 12.2. The van der Waals surface area contributed by atoms with Crippen LogP contribution in [-0.2, 0) is 6.54 Å².